The molecule has 0 aliphatic carbocycles. The Morgan fingerprint density at radius 2 is 1.79 bits per heavy atom. The first-order valence-corrected chi connectivity index (χ1v) is 7.63. The number of benzene rings is 1. The van der Waals surface area contributed by atoms with E-state index in [1.165, 1.54) is 9.13 Å². The van der Waals surface area contributed by atoms with Gasteiger partial charge < -0.3 is 9.13 Å². The van der Waals surface area contributed by atoms with E-state index in [0.29, 0.717) is 11.2 Å². The van der Waals surface area contributed by atoms with E-state index in [2.05, 4.69) is 4.98 Å². The molecular weight excluding hydrogens is 306 g/mol. The van der Waals surface area contributed by atoms with E-state index in [-0.39, 0.29) is 17.8 Å². The van der Waals surface area contributed by atoms with Gasteiger partial charge in [0.15, 0.2) is 11.2 Å². The number of hydrogen-bond donors (Lipinski definition) is 0. The van der Waals surface area contributed by atoms with Crippen LogP contribution in [0.2, 0.25) is 0 Å². The molecule has 24 heavy (non-hydrogen) atoms. The topological polar surface area (TPSA) is 66.8 Å². The van der Waals surface area contributed by atoms with Gasteiger partial charge in [-0.2, -0.15) is 0 Å². The highest BCUT2D eigenvalue weighted by Gasteiger charge is 2.16. The summed E-state index contributed by atoms with van der Waals surface area (Å²) in [6.07, 6.45) is 1.55. The maximum atomic E-state index is 12.8. The maximum Gasteiger partial charge on any atom is 0.332 e. The Balaban J connectivity index is 1.97. The van der Waals surface area contributed by atoms with Gasteiger partial charge >= 0.3 is 5.69 Å². The van der Waals surface area contributed by atoms with Gasteiger partial charge in [-0.15, -0.1) is 0 Å². The van der Waals surface area contributed by atoms with E-state index in [4.69, 9.17) is 0 Å². The van der Waals surface area contributed by atoms with Gasteiger partial charge in [-0.05, 0) is 17.5 Å². The largest absolute Gasteiger partial charge is 0.346 e. The van der Waals surface area contributed by atoms with Gasteiger partial charge in [-0.1, -0.05) is 18.2 Å². The van der Waals surface area contributed by atoms with Crippen LogP contribution in [0.5, 0.6) is 0 Å². The summed E-state index contributed by atoms with van der Waals surface area (Å²) >= 11 is 0. The minimum Gasteiger partial charge on any atom is -0.346 e. The molecular formula is C17H17N5O2. The van der Waals surface area contributed by atoms with Gasteiger partial charge in [0.05, 0.1) is 12.9 Å². The van der Waals surface area contributed by atoms with Gasteiger partial charge in [-0.3, -0.25) is 13.9 Å². The molecule has 0 fully saturated rings. The maximum absolute atomic E-state index is 12.8. The van der Waals surface area contributed by atoms with Crippen LogP contribution >= 0.6 is 0 Å². The summed E-state index contributed by atoms with van der Waals surface area (Å²) in [5.41, 5.74) is 2.11. The summed E-state index contributed by atoms with van der Waals surface area (Å²) in [6, 6.07) is 9.99. The first-order valence-electron chi connectivity index (χ1n) is 7.63. The molecule has 0 N–H and O–H groups in total. The molecule has 4 aromatic rings. The van der Waals surface area contributed by atoms with Crippen molar-refractivity contribution in [1.29, 1.82) is 0 Å². The lowest BCUT2D eigenvalue weighted by Gasteiger charge is -2.09. The van der Waals surface area contributed by atoms with E-state index in [0.717, 1.165) is 16.6 Å². The molecule has 1 aromatic carbocycles. The van der Waals surface area contributed by atoms with E-state index < -0.39 is 0 Å². The molecule has 3 aromatic heterocycles. The summed E-state index contributed by atoms with van der Waals surface area (Å²) < 4.78 is 6.33. The van der Waals surface area contributed by atoms with Crippen molar-refractivity contribution in [3.05, 3.63) is 63.2 Å². The van der Waals surface area contributed by atoms with Crippen molar-refractivity contribution in [3.63, 3.8) is 0 Å². The highest BCUT2D eigenvalue weighted by Crippen LogP contribution is 2.18. The van der Waals surface area contributed by atoms with Crippen LogP contribution in [0.15, 0.2) is 46.2 Å². The number of para-hydroxylation sites is 1. The molecule has 0 aliphatic rings. The van der Waals surface area contributed by atoms with Gasteiger partial charge in [0.25, 0.3) is 5.56 Å². The van der Waals surface area contributed by atoms with Gasteiger partial charge in [0.2, 0.25) is 0 Å². The Morgan fingerprint density at radius 1 is 1.04 bits per heavy atom. The van der Waals surface area contributed by atoms with Crippen molar-refractivity contribution >= 4 is 22.1 Å². The number of imidazole rings is 1. The minimum atomic E-state index is -0.364. The molecule has 0 aliphatic heterocycles. The monoisotopic (exact) mass is 323 g/mol. The SMILES string of the molecule is Cn1cnc2c1c(=O)n(Cc1cc3ccccc3n1C)c(=O)n2C. The molecule has 0 radical (unpaired) electrons. The number of rotatable bonds is 2. The lowest BCUT2D eigenvalue weighted by atomic mass is 10.2. The third-order valence-electron chi connectivity index (χ3n) is 4.57. The van der Waals surface area contributed by atoms with E-state index in [1.807, 2.05) is 41.9 Å². The van der Waals surface area contributed by atoms with Gasteiger partial charge in [0.1, 0.15) is 0 Å². The Morgan fingerprint density at radius 3 is 2.54 bits per heavy atom. The molecule has 3 heterocycles. The zero-order chi connectivity index (χ0) is 17.0. The molecule has 4 rings (SSSR count). The summed E-state index contributed by atoms with van der Waals surface area (Å²) in [4.78, 5) is 29.6. The molecule has 7 nitrogen and oxygen atoms in total. The van der Waals surface area contributed by atoms with Crippen LogP contribution in [0.3, 0.4) is 0 Å². The molecule has 0 amide bonds. The van der Waals surface area contributed by atoms with Gasteiger partial charge in [-0.25, -0.2) is 9.78 Å². The van der Waals surface area contributed by atoms with Crippen LogP contribution in [-0.4, -0.2) is 23.3 Å². The number of fused-ring (bicyclic) bond motifs is 2. The third kappa shape index (κ3) is 1.87. The first kappa shape index (κ1) is 14.5. The summed E-state index contributed by atoms with van der Waals surface area (Å²) in [6.45, 7) is 0.220. The van der Waals surface area contributed by atoms with Crippen molar-refractivity contribution in [3.8, 4) is 0 Å². The normalized spacial score (nSPS) is 11.6. The Hall–Kier alpha value is -3.09. The standard InChI is InChI=1S/C17H17N5O2/c1-19-10-18-15-14(19)16(23)22(17(24)21(15)3)9-12-8-11-6-4-5-7-13(11)20(12)2/h4-8,10H,9H2,1-3H3. The molecule has 7 heteroatoms. The number of aryl methyl sites for hydroxylation is 3. The van der Waals surface area contributed by atoms with Crippen LogP contribution < -0.4 is 11.2 Å². The molecule has 0 spiro atoms. The minimum absolute atomic E-state index is 0.220. The predicted octanol–water partition coefficient (Wildman–Crippen LogP) is 0.974. The number of hydrogen-bond acceptors (Lipinski definition) is 3. The number of aromatic nitrogens is 5. The molecule has 0 saturated heterocycles. The predicted molar refractivity (Wildman–Crippen MR) is 92.2 cm³/mol. The summed E-state index contributed by atoms with van der Waals surface area (Å²) in [7, 11) is 5.33. The average Bonchev–Trinajstić information content (AvgIpc) is 3.11. The fourth-order valence-corrected chi connectivity index (χ4v) is 3.20. The second-order valence-electron chi connectivity index (χ2n) is 6.01. The molecule has 0 atom stereocenters. The lowest BCUT2D eigenvalue weighted by Crippen LogP contribution is -2.40. The van der Waals surface area contributed by atoms with Crippen molar-refractivity contribution in [2.75, 3.05) is 0 Å². The van der Waals surface area contributed by atoms with Crippen LogP contribution in [0.4, 0.5) is 0 Å². The molecule has 0 unspecified atom stereocenters. The van der Waals surface area contributed by atoms with Crippen molar-refractivity contribution < 1.29 is 0 Å². The Kier molecular flexibility index (Phi) is 2.99. The third-order valence-corrected chi connectivity index (χ3v) is 4.57. The van der Waals surface area contributed by atoms with Crippen LogP contribution in [0.1, 0.15) is 5.69 Å². The summed E-state index contributed by atoms with van der Waals surface area (Å²) in [5, 5.41) is 1.08. The zero-order valence-corrected chi connectivity index (χ0v) is 13.7. The first-order chi connectivity index (χ1) is 11.5. The average molecular weight is 323 g/mol. The highest BCUT2D eigenvalue weighted by molar-refractivity contribution is 5.81. The van der Waals surface area contributed by atoms with Crippen molar-refractivity contribution in [1.82, 2.24) is 23.3 Å². The molecule has 0 bridgehead atoms. The van der Waals surface area contributed by atoms with Crippen molar-refractivity contribution in [2.24, 2.45) is 21.1 Å². The van der Waals surface area contributed by atoms with Crippen LogP contribution in [0.25, 0.3) is 22.1 Å². The zero-order valence-electron chi connectivity index (χ0n) is 13.7. The Bertz CT molecular complexity index is 1210. The van der Waals surface area contributed by atoms with E-state index in [9.17, 15) is 9.59 Å². The summed E-state index contributed by atoms with van der Waals surface area (Å²) in [5.74, 6) is 0. The second-order valence-corrected chi connectivity index (χ2v) is 6.01. The lowest BCUT2D eigenvalue weighted by molar-refractivity contribution is 0.632. The van der Waals surface area contributed by atoms with Crippen LogP contribution in [-0.2, 0) is 27.7 Å². The molecule has 0 saturated carbocycles. The quantitative estimate of drug-likeness (QED) is 0.552. The Labute approximate surface area is 137 Å². The highest BCUT2D eigenvalue weighted by atomic mass is 16.2. The fraction of sp³-hybridized carbons (Fsp3) is 0.235. The number of nitrogens with zero attached hydrogens (tertiary/aromatic N) is 5. The molecule has 122 valence electrons. The smallest absolute Gasteiger partial charge is 0.332 e. The second kappa shape index (κ2) is 4.95. The van der Waals surface area contributed by atoms with Gasteiger partial charge in [0, 0.05) is 32.4 Å². The fourth-order valence-electron chi connectivity index (χ4n) is 3.20. The van der Waals surface area contributed by atoms with E-state index >= 15 is 0 Å². The van der Waals surface area contributed by atoms with E-state index in [1.54, 1.807) is 25.0 Å². The van der Waals surface area contributed by atoms with Crippen molar-refractivity contribution in [2.45, 2.75) is 6.54 Å². The van der Waals surface area contributed by atoms with Crippen LogP contribution in [0, 0.1) is 0 Å².